The summed E-state index contributed by atoms with van der Waals surface area (Å²) in [6.07, 6.45) is 0. The summed E-state index contributed by atoms with van der Waals surface area (Å²) in [7, 11) is 0. The van der Waals surface area contributed by atoms with E-state index in [1.807, 2.05) is 30.3 Å². The molecule has 1 fully saturated rings. The molecule has 0 atom stereocenters. The summed E-state index contributed by atoms with van der Waals surface area (Å²) in [5.41, 5.74) is 3.72. The van der Waals surface area contributed by atoms with Crippen LogP contribution in [0.1, 0.15) is 22.7 Å². The number of carbonyl (C=O) groups excluding carboxylic acids is 1. The van der Waals surface area contributed by atoms with E-state index in [1.54, 1.807) is 0 Å². The van der Waals surface area contributed by atoms with E-state index in [-0.39, 0.29) is 18.4 Å². The van der Waals surface area contributed by atoms with E-state index >= 15 is 0 Å². The van der Waals surface area contributed by atoms with Gasteiger partial charge in [-0.05, 0) is 16.7 Å². The third kappa shape index (κ3) is 6.11. The molecule has 3 aromatic rings. The highest BCUT2D eigenvalue weighted by Gasteiger charge is 2.26. The lowest BCUT2D eigenvalue weighted by molar-refractivity contribution is -0.125. The van der Waals surface area contributed by atoms with Gasteiger partial charge in [-0.1, -0.05) is 91.0 Å². The topological polar surface area (TPSA) is 32.8 Å². The number of Topliss-reactive ketones (excluding diaryl/α,β-unsaturated/α-hetero) is 1. The minimum atomic E-state index is 0.145. The van der Waals surface area contributed by atoms with Crippen LogP contribution in [-0.2, 0) is 16.1 Å². The molecule has 0 bridgehead atoms. The second-order valence-electron chi connectivity index (χ2n) is 8.05. The maximum Gasteiger partial charge on any atom is 0.172 e. The summed E-state index contributed by atoms with van der Waals surface area (Å²) < 4.78 is 5.61. The molecular weight excluding hydrogens is 384 g/mol. The number of hydrogen-bond acceptors (Lipinski definition) is 4. The first-order valence-electron chi connectivity index (χ1n) is 11.0. The van der Waals surface area contributed by atoms with Crippen molar-refractivity contribution in [2.45, 2.75) is 12.6 Å². The Morgan fingerprint density at radius 3 is 1.81 bits per heavy atom. The Balaban J connectivity index is 1.29. The molecule has 3 aromatic carbocycles. The van der Waals surface area contributed by atoms with E-state index in [4.69, 9.17) is 4.74 Å². The third-order valence-electron chi connectivity index (χ3n) is 5.78. The van der Waals surface area contributed by atoms with Crippen LogP contribution in [-0.4, -0.2) is 54.9 Å². The van der Waals surface area contributed by atoms with Crippen molar-refractivity contribution in [1.82, 2.24) is 9.80 Å². The normalized spacial score (nSPS) is 15.3. The van der Waals surface area contributed by atoms with Crippen molar-refractivity contribution in [2.24, 2.45) is 0 Å². The molecule has 4 rings (SSSR count). The number of benzene rings is 3. The number of ketones is 1. The fraction of sp³-hybridized carbons (Fsp3) is 0.296. The average molecular weight is 415 g/mol. The first-order valence-corrected chi connectivity index (χ1v) is 11.0. The lowest BCUT2D eigenvalue weighted by Crippen LogP contribution is -2.49. The van der Waals surface area contributed by atoms with Crippen molar-refractivity contribution in [3.05, 3.63) is 108 Å². The van der Waals surface area contributed by atoms with Gasteiger partial charge >= 0.3 is 0 Å². The summed E-state index contributed by atoms with van der Waals surface area (Å²) >= 11 is 0. The van der Waals surface area contributed by atoms with E-state index in [9.17, 15) is 4.79 Å². The Kier molecular flexibility index (Phi) is 7.61. The molecule has 0 radical (unpaired) electrons. The number of carbonyl (C=O) groups is 1. The van der Waals surface area contributed by atoms with E-state index in [0.29, 0.717) is 13.2 Å². The van der Waals surface area contributed by atoms with Crippen LogP contribution in [0.4, 0.5) is 0 Å². The molecular formula is C27H30N2O2. The minimum absolute atomic E-state index is 0.145. The van der Waals surface area contributed by atoms with Gasteiger partial charge in [0.25, 0.3) is 0 Å². The van der Waals surface area contributed by atoms with Gasteiger partial charge in [0.1, 0.15) is 6.61 Å². The molecule has 0 aromatic heterocycles. The summed E-state index contributed by atoms with van der Waals surface area (Å²) in [6.45, 7) is 4.77. The van der Waals surface area contributed by atoms with Crippen molar-refractivity contribution in [3.63, 3.8) is 0 Å². The number of rotatable bonds is 9. The van der Waals surface area contributed by atoms with Crippen LogP contribution in [0, 0.1) is 0 Å². The standard InChI is InChI=1S/C27H30N2O2/c30-26(22-31-21-23-10-4-1-5-11-23)20-28-16-18-29(19-17-28)27(24-12-6-2-7-13-24)25-14-8-3-9-15-25/h1-15,27H,16-22H2. The van der Waals surface area contributed by atoms with Crippen molar-refractivity contribution in [3.8, 4) is 0 Å². The van der Waals surface area contributed by atoms with Crippen LogP contribution in [0.5, 0.6) is 0 Å². The van der Waals surface area contributed by atoms with Crippen LogP contribution in [0.25, 0.3) is 0 Å². The quantitative estimate of drug-likeness (QED) is 0.526. The molecule has 0 saturated carbocycles. The van der Waals surface area contributed by atoms with Crippen LogP contribution in [0.15, 0.2) is 91.0 Å². The van der Waals surface area contributed by atoms with E-state index < -0.39 is 0 Å². The minimum Gasteiger partial charge on any atom is -0.369 e. The maximum atomic E-state index is 12.4. The molecule has 4 heteroatoms. The molecule has 1 saturated heterocycles. The molecule has 1 heterocycles. The van der Waals surface area contributed by atoms with Gasteiger partial charge in [-0.15, -0.1) is 0 Å². The van der Waals surface area contributed by atoms with Gasteiger partial charge in [-0.2, -0.15) is 0 Å². The lowest BCUT2D eigenvalue weighted by Gasteiger charge is -2.39. The van der Waals surface area contributed by atoms with Gasteiger partial charge in [-0.3, -0.25) is 14.6 Å². The average Bonchev–Trinajstić information content (AvgIpc) is 2.82. The fourth-order valence-corrected chi connectivity index (χ4v) is 4.22. The molecule has 0 amide bonds. The first-order chi connectivity index (χ1) is 15.3. The van der Waals surface area contributed by atoms with Gasteiger partial charge in [0.05, 0.1) is 19.2 Å². The largest absolute Gasteiger partial charge is 0.369 e. The first kappa shape index (κ1) is 21.4. The highest BCUT2D eigenvalue weighted by molar-refractivity contribution is 5.81. The fourth-order valence-electron chi connectivity index (χ4n) is 4.22. The summed E-state index contributed by atoms with van der Waals surface area (Å²) in [4.78, 5) is 17.2. The Labute approximate surface area is 185 Å². The highest BCUT2D eigenvalue weighted by Crippen LogP contribution is 2.29. The molecule has 160 valence electrons. The van der Waals surface area contributed by atoms with Crippen molar-refractivity contribution < 1.29 is 9.53 Å². The molecule has 0 aliphatic carbocycles. The predicted octanol–water partition coefficient (Wildman–Crippen LogP) is 4.18. The number of piperazine rings is 1. The summed E-state index contributed by atoms with van der Waals surface area (Å²) in [5, 5.41) is 0. The van der Waals surface area contributed by atoms with Crippen LogP contribution in [0.3, 0.4) is 0 Å². The zero-order valence-corrected chi connectivity index (χ0v) is 17.9. The zero-order valence-electron chi connectivity index (χ0n) is 17.9. The summed E-state index contributed by atoms with van der Waals surface area (Å²) in [5.74, 6) is 0.145. The van der Waals surface area contributed by atoms with Gasteiger partial charge in [-0.25, -0.2) is 0 Å². The lowest BCUT2D eigenvalue weighted by atomic mass is 9.96. The van der Waals surface area contributed by atoms with E-state index in [1.165, 1.54) is 11.1 Å². The summed E-state index contributed by atoms with van der Waals surface area (Å²) in [6, 6.07) is 31.6. The molecule has 1 aliphatic rings. The monoisotopic (exact) mass is 414 g/mol. The Morgan fingerprint density at radius 1 is 0.742 bits per heavy atom. The smallest absolute Gasteiger partial charge is 0.172 e. The van der Waals surface area contributed by atoms with Crippen molar-refractivity contribution in [2.75, 3.05) is 39.3 Å². The second kappa shape index (κ2) is 11.0. The maximum absolute atomic E-state index is 12.4. The predicted molar refractivity (Wildman–Crippen MR) is 124 cm³/mol. The van der Waals surface area contributed by atoms with E-state index in [2.05, 4.69) is 70.5 Å². The number of hydrogen-bond donors (Lipinski definition) is 0. The zero-order chi connectivity index (χ0) is 21.3. The molecule has 31 heavy (non-hydrogen) atoms. The molecule has 4 nitrogen and oxygen atoms in total. The Morgan fingerprint density at radius 2 is 1.26 bits per heavy atom. The number of ether oxygens (including phenoxy) is 1. The molecule has 1 aliphatic heterocycles. The molecule has 0 unspecified atom stereocenters. The van der Waals surface area contributed by atoms with Crippen molar-refractivity contribution >= 4 is 5.78 Å². The van der Waals surface area contributed by atoms with Gasteiger partial charge in [0, 0.05) is 26.2 Å². The SMILES string of the molecule is O=C(COCc1ccccc1)CN1CCN(C(c2ccccc2)c2ccccc2)CC1. The van der Waals surface area contributed by atoms with Crippen LogP contribution in [0.2, 0.25) is 0 Å². The van der Waals surface area contributed by atoms with Gasteiger partial charge in [0.15, 0.2) is 5.78 Å². The van der Waals surface area contributed by atoms with Crippen LogP contribution < -0.4 is 0 Å². The third-order valence-corrected chi connectivity index (χ3v) is 5.78. The second-order valence-corrected chi connectivity index (χ2v) is 8.05. The van der Waals surface area contributed by atoms with Gasteiger partial charge in [0.2, 0.25) is 0 Å². The van der Waals surface area contributed by atoms with Gasteiger partial charge < -0.3 is 4.74 Å². The highest BCUT2D eigenvalue weighted by atomic mass is 16.5. The van der Waals surface area contributed by atoms with Crippen molar-refractivity contribution in [1.29, 1.82) is 0 Å². The van der Waals surface area contributed by atoms with Crippen LogP contribution >= 0.6 is 0 Å². The number of nitrogens with zero attached hydrogens (tertiary/aromatic N) is 2. The molecule has 0 N–H and O–H groups in total. The molecule has 0 spiro atoms. The Bertz CT molecular complexity index is 884. The Hall–Kier alpha value is -2.79. The van der Waals surface area contributed by atoms with E-state index in [0.717, 1.165) is 31.7 Å².